The molecule has 0 spiro atoms. The molecule has 21 heavy (non-hydrogen) atoms. The van der Waals surface area contributed by atoms with Crippen molar-refractivity contribution in [3.8, 4) is 0 Å². The number of fused-ring (bicyclic) bond motifs is 1. The van der Waals surface area contributed by atoms with Gasteiger partial charge in [-0.1, -0.05) is 24.3 Å². The number of para-hydroxylation sites is 1. The summed E-state index contributed by atoms with van der Waals surface area (Å²) < 4.78 is 27.4. The first-order valence-electron chi connectivity index (χ1n) is 7.12. The average molecular weight is 305 g/mol. The van der Waals surface area contributed by atoms with Crippen LogP contribution in [0.4, 0.5) is 0 Å². The Hall–Kier alpha value is -1.50. The summed E-state index contributed by atoms with van der Waals surface area (Å²) in [6, 6.07) is 9.23. The van der Waals surface area contributed by atoms with Gasteiger partial charge in [-0.05, 0) is 30.4 Å². The number of nitrogens with two attached hydrogens (primary N) is 1. The first-order valence-corrected chi connectivity index (χ1v) is 8.77. The SMILES string of the molecule is NCC(NS(=O)(=O)Cc1cccc2cccnc12)C1CC1. The minimum Gasteiger partial charge on any atom is -0.329 e. The maximum atomic E-state index is 12.4. The van der Waals surface area contributed by atoms with E-state index in [1.165, 1.54) is 0 Å². The lowest BCUT2D eigenvalue weighted by molar-refractivity contribution is 0.518. The van der Waals surface area contributed by atoms with Gasteiger partial charge in [0.25, 0.3) is 0 Å². The highest BCUT2D eigenvalue weighted by Gasteiger charge is 2.33. The van der Waals surface area contributed by atoms with Gasteiger partial charge in [-0.25, -0.2) is 13.1 Å². The molecule has 1 aromatic heterocycles. The van der Waals surface area contributed by atoms with Crippen LogP contribution in [0.15, 0.2) is 36.5 Å². The fourth-order valence-electron chi connectivity index (χ4n) is 2.60. The third kappa shape index (κ3) is 3.40. The van der Waals surface area contributed by atoms with E-state index < -0.39 is 10.0 Å². The number of rotatable bonds is 6. The topological polar surface area (TPSA) is 85.1 Å². The van der Waals surface area contributed by atoms with Crippen LogP contribution in [-0.2, 0) is 15.8 Å². The van der Waals surface area contributed by atoms with Gasteiger partial charge in [0.2, 0.25) is 10.0 Å². The third-order valence-electron chi connectivity index (χ3n) is 3.84. The fourth-order valence-corrected chi connectivity index (χ4v) is 4.07. The normalized spacial score (nSPS) is 17.0. The Morgan fingerprint density at radius 1 is 1.29 bits per heavy atom. The van der Waals surface area contributed by atoms with Crippen LogP contribution in [0.3, 0.4) is 0 Å². The van der Waals surface area contributed by atoms with E-state index in [0.29, 0.717) is 18.0 Å². The molecule has 3 rings (SSSR count). The summed E-state index contributed by atoms with van der Waals surface area (Å²) in [5.41, 5.74) is 7.12. The van der Waals surface area contributed by atoms with Gasteiger partial charge in [0.05, 0.1) is 11.3 Å². The molecule has 3 N–H and O–H groups in total. The fraction of sp³-hybridized carbons (Fsp3) is 0.400. The minimum absolute atomic E-state index is 0.0649. The molecule has 1 aromatic carbocycles. The molecule has 1 aliphatic rings. The number of hydrogen-bond acceptors (Lipinski definition) is 4. The summed E-state index contributed by atoms with van der Waals surface area (Å²) in [7, 11) is -3.41. The first-order chi connectivity index (χ1) is 10.1. The molecule has 1 fully saturated rings. The molecular formula is C15H19N3O2S. The largest absolute Gasteiger partial charge is 0.329 e. The molecule has 1 saturated carbocycles. The zero-order chi connectivity index (χ0) is 14.9. The summed E-state index contributed by atoms with van der Waals surface area (Å²) >= 11 is 0. The van der Waals surface area contributed by atoms with Crippen LogP contribution in [-0.4, -0.2) is 26.0 Å². The maximum Gasteiger partial charge on any atom is 0.216 e. The second-order valence-electron chi connectivity index (χ2n) is 5.55. The van der Waals surface area contributed by atoms with Crippen LogP contribution in [0.5, 0.6) is 0 Å². The Balaban J connectivity index is 1.83. The van der Waals surface area contributed by atoms with Crippen molar-refractivity contribution in [2.45, 2.75) is 24.6 Å². The molecule has 0 aliphatic heterocycles. The van der Waals surface area contributed by atoms with E-state index in [1.54, 1.807) is 6.20 Å². The molecule has 1 heterocycles. The second-order valence-corrected chi connectivity index (χ2v) is 7.30. The molecule has 0 bridgehead atoms. The van der Waals surface area contributed by atoms with Gasteiger partial charge in [0.15, 0.2) is 0 Å². The molecule has 2 aromatic rings. The van der Waals surface area contributed by atoms with E-state index >= 15 is 0 Å². The molecule has 0 saturated heterocycles. The maximum absolute atomic E-state index is 12.4. The highest BCUT2D eigenvalue weighted by atomic mass is 32.2. The highest BCUT2D eigenvalue weighted by molar-refractivity contribution is 7.88. The van der Waals surface area contributed by atoms with E-state index in [4.69, 9.17) is 5.73 Å². The molecule has 1 aliphatic carbocycles. The van der Waals surface area contributed by atoms with Gasteiger partial charge in [0, 0.05) is 24.2 Å². The summed E-state index contributed by atoms with van der Waals surface area (Å²) in [4.78, 5) is 4.30. The predicted octanol–water partition coefficient (Wildman–Crippen LogP) is 1.39. The van der Waals surface area contributed by atoms with Crippen molar-refractivity contribution in [2.75, 3.05) is 6.54 Å². The van der Waals surface area contributed by atoms with Crippen LogP contribution in [0.1, 0.15) is 18.4 Å². The minimum atomic E-state index is -3.41. The van der Waals surface area contributed by atoms with Gasteiger partial charge in [-0.15, -0.1) is 0 Å². The molecule has 5 nitrogen and oxygen atoms in total. The van der Waals surface area contributed by atoms with Crippen molar-refractivity contribution in [3.63, 3.8) is 0 Å². The quantitative estimate of drug-likeness (QED) is 0.844. The lowest BCUT2D eigenvalue weighted by atomic mass is 10.1. The predicted molar refractivity (Wildman–Crippen MR) is 83.1 cm³/mol. The van der Waals surface area contributed by atoms with Crippen LogP contribution < -0.4 is 10.5 Å². The molecule has 6 heteroatoms. The molecule has 1 atom stereocenters. The summed E-state index contributed by atoms with van der Waals surface area (Å²) in [5, 5.41) is 0.947. The summed E-state index contributed by atoms with van der Waals surface area (Å²) in [5.74, 6) is 0.334. The highest BCUT2D eigenvalue weighted by Crippen LogP contribution is 2.32. The van der Waals surface area contributed by atoms with Gasteiger partial charge in [0.1, 0.15) is 0 Å². The number of aromatic nitrogens is 1. The van der Waals surface area contributed by atoms with Crippen LogP contribution in [0.2, 0.25) is 0 Å². The van der Waals surface area contributed by atoms with E-state index in [2.05, 4.69) is 9.71 Å². The number of nitrogens with one attached hydrogen (secondary N) is 1. The number of benzene rings is 1. The monoisotopic (exact) mass is 305 g/mol. The van der Waals surface area contributed by atoms with Crippen molar-refractivity contribution in [2.24, 2.45) is 11.7 Å². The first kappa shape index (κ1) is 14.4. The molecule has 0 radical (unpaired) electrons. The van der Waals surface area contributed by atoms with Crippen molar-refractivity contribution >= 4 is 20.9 Å². The van der Waals surface area contributed by atoms with E-state index in [0.717, 1.165) is 23.7 Å². The smallest absolute Gasteiger partial charge is 0.216 e. The van der Waals surface area contributed by atoms with Gasteiger partial charge in [-0.2, -0.15) is 0 Å². The van der Waals surface area contributed by atoms with Crippen LogP contribution >= 0.6 is 0 Å². The van der Waals surface area contributed by atoms with Crippen molar-refractivity contribution in [3.05, 3.63) is 42.1 Å². The van der Waals surface area contributed by atoms with E-state index in [-0.39, 0.29) is 11.8 Å². The number of pyridine rings is 1. The Morgan fingerprint density at radius 3 is 2.76 bits per heavy atom. The molecule has 1 unspecified atom stereocenters. The van der Waals surface area contributed by atoms with E-state index in [9.17, 15) is 8.42 Å². The Morgan fingerprint density at radius 2 is 2.05 bits per heavy atom. The van der Waals surface area contributed by atoms with Crippen molar-refractivity contribution in [1.82, 2.24) is 9.71 Å². The van der Waals surface area contributed by atoms with E-state index in [1.807, 2.05) is 30.3 Å². The zero-order valence-electron chi connectivity index (χ0n) is 11.7. The number of sulfonamides is 1. The molecule has 0 amide bonds. The van der Waals surface area contributed by atoms with Crippen molar-refractivity contribution in [1.29, 1.82) is 0 Å². The second kappa shape index (κ2) is 5.71. The Bertz CT molecular complexity index is 736. The standard InChI is InChI=1S/C15H19N3O2S/c16-9-14(11-6-7-11)18-21(19,20)10-13-4-1-3-12-5-2-8-17-15(12)13/h1-5,8,11,14,18H,6-7,9-10,16H2. The van der Waals surface area contributed by atoms with Crippen molar-refractivity contribution < 1.29 is 8.42 Å². The third-order valence-corrected chi connectivity index (χ3v) is 5.19. The van der Waals surface area contributed by atoms with Gasteiger partial charge >= 0.3 is 0 Å². The molecule has 112 valence electrons. The lowest BCUT2D eigenvalue weighted by Gasteiger charge is -2.16. The number of nitrogens with zero attached hydrogens (tertiary/aromatic N) is 1. The number of hydrogen-bond donors (Lipinski definition) is 2. The summed E-state index contributed by atoms with van der Waals surface area (Å²) in [6.45, 7) is 0.345. The lowest BCUT2D eigenvalue weighted by Crippen LogP contribution is -2.42. The average Bonchev–Trinajstić information content (AvgIpc) is 3.29. The van der Waals surface area contributed by atoms with Gasteiger partial charge in [-0.3, -0.25) is 4.98 Å². The summed E-state index contributed by atoms with van der Waals surface area (Å²) in [6.07, 6.45) is 3.79. The Labute approximate surface area is 124 Å². The molecular weight excluding hydrogens is 286 g/mol. The Kier molecular flexibility index (Phi) is 3.93. The van der Waals surface area contributed by atoms with Crippen LogP contribution in [0, 0.1) is 5.92 Å². The van der Waals surface area contributed by atoms with Gasteiger partial charge < -0.3 is 5.73 Å². The van der Waals surface area contributed by atoms with Crippen LogP contribution in [0.25, 0.3) is 10.9 Å². The zero-order valence-corrected chi connectivity index (χ0v) is 12.5.